The van der Waals surface area contributed by atoms with Crippen LogP contribution in [0.25, 0.3) is 0 Å². The molecule has 0 spiro atoms. The Morgan fingerprint density at radius 2 is 2.08 bits per heavy atom. The van der Waals surface area contributed by atoms with E-state index in [2.05, 4.69) is 10.1 Å². The van der Waals surface area contributed by atoms with Crippen LogP contribution in [0, 0.1) is 3.57 Å². The molecule has 0 fully saturated rings. The van der Waals surface area contributed by atoms with Gasteiger partial charge in [-0.3, -0.25) is 14.4 Å². The highest BCUT2D eigenvalue weighted by atomic mass is 127. The van der Waals surface area contributed by atoms with Gasteiger partial charge in [0.1, 0.15) is 17.1 Å². The van der Waals surface area contributed by atoms with Crippen molar-refractivity contribution in [3.05, 3.63) is 33.2 Å². The van der Waals surface area contributed by atoms with Gasteiger partial charge >= 0.3 is 6.18 Å². The van der Waals surface area contributed by atoms with E-state index >= 15 is 0 Å². The average Bonchev–Trinajstić information content (AvgIpc) is 2.92. The molecule has 0 aromatic carbocycles. The highest BCUT2D eigenvalue weighted by molar-refractivity contribution is 14.1. The van der Waals surface area contributed by atoms with E-state index in [1.165, 1.54) is 11.0 Å². The predicted molar refractivity (Wildman–Crippen MR) is 87.1 cm³/mol. The number of ether oxygens (including phenoxy) is 1. The molecule has 0 saturated heterocycles. The molecular formula is C14H12F3IN4O2. The molecule has 1 aliphatic rings. The van der Waals surface area contributed by atoms with Crippen LogP contribution >= 0.6 is 22.6 Å². The van der Waals surface area contributed by atoms with Crippen LogP contribution in [-0.4, -0.2) is 34.3 Å². The minimum atomic E-state index is -4.58. The number of anilines is 1. The van der Waals surface area contributed by atoms with E-state index in [-0.39, 0.29) is 24.3 Å². The summed E-state index contributed by atoms with van der Waals surface area (Å²) in [5.41, 5.74) is -0.583. The fraction of sp³-hybridized carbons (Fsp3) is 0.357. The Bertz CT molecular complexity index is 806. The molecule has 2 aromatic rings. The maximum Gasteiger partial charge on any atom is 0.421 e. The molecular weight excluding hydrogens is 440 g/mol. The van der Waals surface area contributed by atoms with Gasteiger partial charge in [-0.2, -0.15) is 23.3 Å². The lowest BCUT2D eigenvalue weighted by molar-refractivity contribution is -0.139. The summed E-state index contributed by atoms with van der Waals surface area (Å²) in [6.45, 7) is 2.12. The maximum absolute atomic E-state index is 12.9. The van der Waals surface area contributed by atoms with E-state index < -0.39 is 17.6 Å². The quantitative estimate of drug-likeness (QED) is 0.658. The van der Waals surface area contributed by atoms with Gasteiger partial charge in [-0.05, 0) is 41.6 Å². The predicted octanol–water partition coefficient (Wildman–Crippen LogP) is 3.13. The van der Waals surface area contributed by atoms with Gasteiger partial charge in [-0.15, -0.1) is 0 Å². The van der Waals surface area contributed by atoms with Crippen molar-refractivity contribution < 1.29 is 22.7 Å². The summed E-state index contributed by atoms with van der Waals surface area (Å²) in [7, 11) is 1.11. The Kier molecular flexibility index (Phi) is 4.18. The summed E-state index contributed by atoms with van der Waals surface area (Å²) in [6, 6.07) is 1.92. The van der Waals surface area contributed by atoms with Gasteiger partial charge in [0.05, 0.1) is 22.9 Å². The number of fused-ring (bicyclic) bond motifs is 1. The molecule has 0 aliphatic carbocycles. The zero-order valence-electron chi connectivity index (χ0n) is 12.6. The average molecular weight is 452 g/mol. The summed E-state index contributed by atoms with van der Waals surface area (Å²) < 4.78 is 45.9. The Hall–Kier alpha value is -1.85. The van der Waals surface area contributed by atoms with Gasteiger partial charge in [0.25, 0.3) is 5.91 Å². The molecule has 10 heteroatoms. The second-order valence-electron chi connectivity index (χ2n) is 5.27. The number of hydrogen-bond acceptors (Lipinski definition) is 4. The van der Waals surface area contributed by atoms with Crippen LogP contribution in [0.15, 0.2) is 18.3 Å². The van der Waals surface area contributed by atoms with E-state index in [0.29, 0.717) is 9.26 Å². The number of pyridine rings is 1. The van der Waals surface area contributed by atoms with Gasteiger partial charge < -0.3 is 4.74 Å². The van der Waals surface area contributed by atoms with Crippen molar-refractivity contribution >= 4 is 34.3 Å². The summed E-state index contributed by atoms with van der Waals surface area (Å²) in [4.78, 5) is 17.9. The molecule has 2 aromatic heterocycles. The van der Waals surface area contributed by atoms with Crippen molar-refractivity contribution in [1.82, 2.24) is 14.8 Å². The maximum atomic E-state index is 12.9. The second-order valence-corrected chi connectivity index (χ2v) is 6.44. The van der Waals surface area contributed by atoms with Crippen LogP contribution in [0.3, 0.4) is 0 Å². The lowest BCUT2D eigenvalue weighted by Crippen LogP contribution is -2.43. The standard InChI is InChI=1S/C14H12F3IN4O2/c1-7-6-21(13(23)11-9(18)5-19-22(7)11)10-4-3-8(14(15,16)17)12(20-10)24-2/h3-5,7H,6H2,1-2H3/t7-/m0/s1. The third-order valence-electron chi connectivity index (χ3n) is 3.68. The lowest BCUT2D eigenvalue weighted by atomic mass is 10.2. The smallest absolute Gasteiger partial charge is 0.421 e. The zero-order valence-corrected chi connectivity index (χ0v) is 14.8. The Labute approximate surface area is 148 Å². The summed E-state index contributed by atoms with van der Waals surface area (Å²) in [5.74, 6) is -0.807. The topological polar surface area (TPSA) is 60.2 Å². The second kappa shape index (κ2) is 5.90. The highest BCUT2D eigenvalue weighted by Gasteiger charge is 2.37. The van der Waals surface area contributed by atoms with Crippen LogP contribution in [0.2, 0.25) is 0 Å². The van der Waals surface area contributed by atoms with Crippen LogP contribution in [0.5, 0.6) is 5.88 Å². The Morgan fingerprint density at radius 3 is 2.71 bits per heavy atom. The number of nitrogens with zero attached hydrogens (tertiary/aromatic N) is 4. The number of methoxy groups -OCH3 is 1. The van der Waals surface area contributed by atoms with Gasteiger partial charge in [-0.1, -0.05) is 0 Å². The fourth-order valence-corrected chi connectivity index (χ4v) is 3.18. The molecule has 1 atom stereocenters. The third-order valence-corrected chi connectivity index (χ3v) is 4.47. The Morgan fingerprint density at radius 1 is 1.38 bits per heavy atom. The summed E-state index contributed by atoms with van der Waals surface area (Å²) in [5, 5.41) is 4.16. The number of hydrogen-bond donors (Lipinski definition) is 0. The number of amides is 1. The third kappa shape index (κ3) is 2.72. The minimum Gasteiger partial charge on any atom is -0.481 e. The minimum absolute atomic E-state index is 0.111. The van der Waals surface area contributed by atoms with Crippen molar-refractivity contribution in [2.75, 3.05) is 18.6 Å². The number of carbonyl (C=O) groups is 1. The SMILES string of the molecule is COc1nc(N2C[C@H](C)n3ncc(I)c3C2=O)ccc1C(F)(F)F. The lowest BCUT2D eigenvalue weighted by Gasteiger charge is -2.31. The summed E-state index contributed by atoms with van der Waals surface area (Å²) in [6.07, 6.45) is -3.00. The normalized spacial score (nSPS) is 17.8. The van der Waals surface area contributed by atoms with Crippen LogP contribution < -0.4 is 9.64 Å². The van der Waals surface area contributed by atoms with Crippen molar-refractivity contribution in [2.45, 2.75) is 19.1 Å². The number of halogens is 4. The van der Waals surface area contributed by atoms with Crippen LogP contribution in [0.4, 0.5) is 19.0 Å². The first kappa shape index (κ1) is 17.0. The number of alkyl halides is 3. The number of rotatable bonds is 2. The molecule has 0 bridgehead atoms. The molecule has 0 saturated carbocycles. The first-order chi connectivity index (χ1) is 11.2. The van der Waals surface area contributed by atoms with Gasteiger partial charge in [0.2, 0.25) is 5.88 Å². The zero-order chi connectivity index (χ0) is 17.6. The van der Waals surface area contributed by atoms with E-state index in [4.69, 9.17) is 4.74 Å². The van der Waals surface area contributed by atoms with Crippen molar-refractivity contribution in [3.8, 4) is 5.88 Å². The van der Waals surface area contributed by atoms with Crippen molar-refractivity contribution in [3.63, 3.8) is 0 Å². The first-order valence-corrected chi connectivity index (χ1v) is 7.99. The molecule has 3 rings (SSSR count). The molecule has 128 valence electrons. The molecule has 1 aliphatic heterocycles. The van der Waals surface area contributed by atoms with Gasteiger partial charge in [-0.25, -0.2) is 0 Å². The van der Waals surface area contributed by atoms with Crippen molar-refractivity contribution in [1.29, 1.82) is 0 Å². The molecule has 0 N–H and O–H groups in total. The van der Waals surface area contributed by atoms with E-state index in [9.17, 15) is 18.0 Å². The van der Waals surface area contributed by atoms with Gasteiger partial charge in [0, 0.05) is 6.54 Å². The van der Waals surface area contributed by atoms with E-state index in [1.807, 2.05) is 29.5 Å². The first-order valence-electron chi connectivity index (χ1n) is 6.91. The number of aromatic nitrogens is 3. The monoisotopic (exact) mass is 452 g/mol. The largest absolute Gasteiger partial charge is 0.481 e. The molecule has 0 radical (unpaired) electrons. The number of carbonyl (C=O) groups excluding carboxylic acids is 1. The molecule has 24 heavy (non-hydrogen) atoms. The van der Waals surface area contributed by atoms with Crippen LogP contribution in [-0.2, 0) is 6.18 Å². The molecule has 1 amide bonds. The molecule has 6 nitrogen and oxygen atoms in total. The Balaban J connectivity index is 2.04. The highest BCUT2D eigenvalue weighted by Crippen LogP contribution is 2.37. The molecule has 0 unspecified atom stereocenters. The van der Waals surface area contributed by atoms with E-state index in [1.54, 1.807) is 10.9 Å². The van der Waals surface area contributed by atoms with Gasteiger partial charge in [0.15, 0.2) is 0 Å². The van der Waals surface area contributed by atoms with Crippen molar-refractivity contribution in [2.24, 2.45) is 0 Å². The van der Waals surface area contributed by atoms with Crippen LogP contribution in [0.1, 0.15) is 29.0 Å². The summed E-state index contributed by atoms with van der Waals surface area (Å²) >= 11 is 2.00. The fourth-order valence-electron chi connectivity index (χ4n) is 2.58. The van der Waals surface area contributed by atoms with E-state index in [0.717, 1.165) is 13.2 Å². The molecule has 3 heterocycles.